The van der Waals surface area contributed by atoms with E-state index in [-0.39, 0.29) is 5.41 Å². The summed E-state index contributed by atoms with van der Waals surface area (Å²) in [7, 11) is 3.73. The SMILES string of the molecule is COc1cc(C2(c3nncn3C)CC(C)C2)c[c]([Sn]([CH3])([CH3])[CH3])n1. The van der Waals surface area contributed by atoms with E-state index in [1.807, 2.05) is 7.05 Å². The zero-order valence-electron chi connectivity index (χ0n) is 14.9. The van der Waals surface area contributed by atoms with E-state index in [0.717, 1.165) is 24.5 Å². The quantitative estimate of drug-likeness (QED) is 0.713. The molecule has 0 amide bonds. The van der Waals surface area contributed by atoms with E-state index in [1.54, 1.807) is 13.4 Å². The van der Waals surface area contributed by atoms with Crippen LogP contribution in [0.15, 0.2) is 18.5 Å². The number of rotatable bonds is 4. The molecule has 0 radical (unpaired) electrons. The monoisotopic (exact) mass is 422 g/mol. The van der Waals surface area contributed by atoms with E-state index in [4.69, 9.17) is 9.72 Å². The third-order valence-electron chi connectivity index (χ3n) is 4.87. The molecular weight excluding hydrogens is 395 g/mol. The Morgan fingerprint density at radius 3 is 2.43 bits per heavy atom. The van der Waals surface area contributed by atoms with Gasteiger partial charge in [0.1, 0.15) is 0 Å². The minimum atomic E-state index is -2.30. The molecule has 0 atom stereocenters. The number of aryl methyl sites for hydroxylation is 1. The number of methoxy groups -OCH3 is 1. The Morgan fingerprint density at radius 2 is 1.96 bits per heavy atom. The van der Waals surface area contributed by atoms with Crippen molar-refractivity contribution in [2.75, 3.05) is 7.11 Å². The number of pyridine rings is 1. The van der Waals surface area contributed by atoms with E-state index in [0.29, 0.717) is 5.92 Å². The third-order valence-corrected chi connectivity index (χ3v) is 9.98. The van der Waals surface area contributed by atoms with Crippen LogP contribution in [-0.2, 0) is 12.5 Å². The number of hydrogen-bond donors (Lipinski definition) is 0. The van der Waals surface area contributed by atoms with Crippen LogP contribution < -0.4 is 8.45 Å². The van der Waals surface area contributed by atoms with E-state index in [1.165, 1.54) is 9.27 Å². The molecule has 1 aliphatic rings. The normalized spacial score (nSPS) is 24.3. The van der Waals surface area contributed by atoms with Crippen LogP contribution in [0.3, 0.4) is 0 Å². The summed E-state index contributed by atoms with van der Waals surface area (Å²) < 4.78 is 8.82. The summed E-state index contributed by atoms with van der Waals surface area (Å²) in [5, 5.41) is 8.55. The molecule has 5 nitrogen and oxygen atoms in total. The average Bonchev–Trinajstić information content (AvgIpc) is 2.88. The number of ether oxygens (including phenoxy) is 1. The third kappa shape index (κ3) is 2.88. The second-order valence-electron chi connectivity index (χ2n) is 7.89. The van der Waals surface area contributed by atoms with Crippen molar-refractivity contribution in [3.8, 4) is 5.88 Å². The zero-order valence-corrected chi connectivity index (χ0v) is 17.8. The molecule has 0 bridgehead atoms. The molecule has 0 aliphatic heterocycles. The van der Waals surface area contributed by atoms with E-state index < -0.39 is 18.4 Å². The minimum absolute atomic E-state index is 0.0489. The van der Waals surface area contributed by atoms with Gasteiger partial charge in [0.2, 0.25) is 0 Å². The van der Waals surface area contributed by atoms with Crippen LogP contribution >= 0.6 is 0 Å². The van der Waals surface area contributed by atoms with Gasteiger partial charge in [-0.25, -0.2) is 0 Å². The van der Waals surface area contributed by atoms with Crippen LogP contribution in [0.5, 0.6) is 5.88 Å². The van der Waals surface area contributed by atoms with Crippen LogP contribution in [0.25, 0.3) is 0 Å². The van der Waals surface area contributed by atoms with Crippen molar-refractivity contribution in [3.05, 3.63) is 29.8 Å². The first-order valence-electron chi connectivity index (χ1n) is 8.18. The molecule has 2 aromatic heterocycles. The summed E-state index contributed by atoms with van der Waals surface area (Å²) in [4.78, 5) is 11.9. The molecule has 1 aliphatic carbocycles. The van der Waals surface area contributed by atoms with Crippen LogP contribution in [0, 0.1) is 5.92 Å². The summed E-state index contributed by atoms with van der Waals surface area (Å²) in [5.41, 5.74) is 1.24. The van der Waals surface area contributed by atoms with Gasteiger partial charge in [-0.3, -0.25) is 0 Å². The van der Waals surface area contributed by atoms with E-state index in [2.05, 4.69) is 48.6 Å². The molecular formula is C17H26N4OSn. The van der Waals surface area contributed by atoms with Gasteiger partial charge in [-0.2, -0.15) is 0 Å². The molecule has 2 heterocycles. The van der Waals surface area contributed by atoms with Gasteiger partial charge in [-0.15, -0.1) is 0 Å². The van der Waals surface area contributed by atoms with Gasteiger partial charge >= 0.3 is 142 Å². The van der Waals surface area contributed by atoms with Gasteiger partial charge in [-0.05, 0) is 0 Å². The molecule has 6 heteroatoms. The predicted molar refractivity (Wildman–Crippen MR) is 94.0 cm³/mol. The first-order valence-corrected chi connectivity index (χ1v) is 18.2. The number of aromatic nitrogens is 4. The topological polar surface area (TPSA) is 52.8 Å². The van der Waals surface area contributed by atoms with Gasteiger partial charge in [-0.1, -0.05) is 0 Å². The molecule has 0 saturated heterocycles. The Labute approximate surface area is 142 Å². The zero-order chi connectivity index (χ0) is 16.8. The Balaban J connectivity index is 2.16. The molecule has 1 saturated carbocycles. The van der Waals surface area contributed by atoms with Crippen molar-refractivity contribution in [3.63, 3.8) is 0 Å². The van der Waals surface area contributed by atoms with Crippen LogP contribution in [0.2, 0.25) is 14.8 Å². The molecule has 1 fully saturated rings. The van der Waals surface area contributed by atoms with Crippen molar-refractivity contribution < 1.29 is 4.74 Å². The second-order valence-corrected chi connectivity index (χ2v) is 22.2. The van der Waals surface area contributed by atoms with E-state index in [9.17, 15) is 0 Å². The summed E-state index contributed by atoms with van der Waals surface area (Å²) >= 11 is -2.30. The molecule has 0 aromatic carbocycles. The van der Waals surface area contributed by atoms with Gasteiger partial charge < -0.3 is 0 Å². The molecule has 0 spiro atoms. The first kappa shape index (κ1) is 16.7. The first-order chi connectivity index (χ1) is 10.8. The van der Waals surface area contributed by atoms with Gasteiger partial charge in [0.15, 0.2) is 0 Å². The van der Waals surface area contributed by atoms with Gasteiger partial charge in [0.05, 0.1) is 0 Å². The summed E-state index contributed by atoms with van der Waals surface area (Å²) in [6, 6.07) is 4.42. The summed E-state index contributed by atoms with van der Waals surface area (Å²) in [6.45, 7) is 2.30. The Kier molecular flexibility index (Phi) is 4.19. The Morgan fingerprint density at radius 1 is 1.26 bits per heavy atom. The predicted octanol–water partition coefficient (Wildman–Crippen LogP) is 2.48. The number of hydrogen-bond acceptors (Lipinski definition) is 4. The van der Waals surface area contributed by atoms with E-state index >= 15 is 0 Å². The van der Waals surface area contributed by atoms with Crippen molar-refractivity contribution in [1.82, 2.24) is 19.7 Å². The Hall–Kier alpha value is -1.11. The molecule has 124 valence electrons. The molecule has 0 unspecified atom stereocenters. The van der Waals surface area contributed by atoms with Crippen molar-refractivity contribution in [1.29, 1.82) is 0 Å². The van der Waals surface area contributed by atoms with Crippen LogP contribution in [0.4, 0.5) is 0 Å². The van der Waals surface area contributed by atoms with Crippen molar-refractivity contribution >= 4 is 22.1 Å². The summed E-state index contributed by atoms with van der Waals surface area (Å²) in [5.74, 6) is 2.48. The van der Waals surface area contributed by atoms with Crippen LogP contribution in [0.1, 0.15) is 31.2 Å². The fourth-order valence-electron chi connectivity index (χ4n) is 3.66. The standard InChI is InChI=1S/C14H17N4O.3CH3.Sn/c1-10-7-14(8-10,13-17-16-9-18(13)2)11-4-5-15-12(6-11)19-3;;;;/h4,6,9-10H,7-8H2,1-3H3;3*1H3;. The van der Waals surface area contributed by atoms with Crippen molar-refractivity contribution in [2.45, 2.75) is 40.0 Å². The Bertz CT molecular complexity index is 714. The fraction of sp³-hybridized carbons (Fsp3) is 0.588. The summed E-state index contributed by atoms with van der Waals surface area (Å²) in [6.07, 6.45) is 4.00. The van der Waals surface area contributed by atoms with Crippen LogP contribution in [-0.4, -0.2) is 45.2 Å². The van der Waals surface area contributed by atoms with Crippen molar-refractivity contribution in [2.24, 2.45) is 13.0 Å². The number of nitrogens with zero attached hydrogens (tertiary/aromatic N) is 4. The molecule has 3 rings (SSSR count). The maximum atomic E-state index is 5.51. The van der Waals surface area contributed by atoms with Gasteiger partial charge in [0, 0.05) is 0 Å². The van der Waals surface area contributed by atoms with Gasteiger partial charge in [0.25, 0.3) is 0 Å². The second kappa shape index (κ2) is 5.76. The molecule has 23 heavy (non-hydrogen) atoms. The fourth-order valence-corrected chi connectivity index (χ4v) is 6.62. The molecule has 0 N–H and O–H groups in total. The average molecular weight is 421 g/mol. The maximum absolute atomic E-state index is 5.51. The molecule has 2 aromatic rings.